The van der Waals surface area contributed by atoms with E-state index in [4.69, 9.17) is 4.98 Å². The summed E-state index contributed by atoms with van der Waals surface area (Å²) in [5, 5.41) is 13.7. The zero-order valence-corrected chi connectivity index (χ0v) is 21.4. The Kier molecular flexibility index (Phi) is 6.77. The van der Waals surface area contributed by atoms with Gasteiger partial charge in [0.1, 0.15) is 5.39 Å². The molecule has 1 aliphatic heterocycles. The molecule has 4 heterocycles. The molecule has 192 valence electrons. The van der Waals surface area contributed by atoms with Gasteiger partial charge in [-0.15, -0.1) is 6.58 Å². The van der Waals surface area contributed by atoms with Gasteiger partial charge in [0.05, 0.1) is 18.3 Å². The average Bonchev–Trinajstić information content (AvgIpc) is 3.16. The molecule has 0 radical (unpaired) electrons. The largest absolute Gasteiger partial charge is 0.387 e. The van der Waals surface area contributed by atoms with E-state index in [1.165, 1.54) is 22.1 Å². The molecule has 1 aliphatic rings. The maximum atomic E-state index is 13.2. The van der Waals surface area contributed by atoms with E-state index in [9.17, 15) is 9.90 Å². The molecule has 0 aliphatic carbocycles. The third kappa shape index (κ3) is 4.85. The van der Waals surface area contributed by atoms with Gasteiger partial charge >= 0.3 is 0 Å². The van der Waals surface area contributed by atoms with Crippen molar-refractivity contribution in [1.29, 1.82) is 0 Å². The number of aliphatic hydroxyl groups is 1. The predicted octanol–water partition coefficient (Wildman–Crippen LogP) is 3.02. The first-order chi connectivity index (χ1) is 17.9. The topological polar surface area (TPSA) is 104 Å². The van der Waals surface area contributed by atoms with Crippen LogP contribution < -0.4 is 15.8 Å². The smallest absolute Gasteiger partial charge is 0.278 e. The van der Waals surface area contributed by atoms with Gasteiger partial charge in [-0.2, -0.15) is 4.98 Å². The molecule has 0 amide bonds. The highest BCUT2D eigenvalue weighted by atomic mass is 16.3. The first kappa shape index (κ1) is 24.7. The van der Waals surface area contributed by atoms with Crippen LogP contribution in [0.15, 0.2) is 60.0 Å². The number of anilines is 3. The molecule has 1 fully saturated rings. The number of aliphatic hydroxyl groups excluding tert-OH is 1. The second kappa shape index (κ2) is 10.2. The number of benzene rings is 1. The Balaban J connectivity index is 1.51. The molecular formula is C27H32N8O2. The molecule has 1 atom stereocenters. The molecule has 1 saturated heterocycles. The second-order valence-electron chi connectivity index (χ2n) is 9.43. The van der Waals surface area contributed by atoms with Gasteiger partial charge in [0, 0.05) is 43.8 Å². The van der Waals surface area contributed by atoms with E-state index in [1.54, 1.807) is 35.9 Å². The van der Waals surface area contributed by atoms with Crippen molar-refractivity contribution in [2.75, 3.05) is 43.4 Å². The molecule has 0 saturated carbocycles. The predicted molar refractivity (Wildman–Crippen MR) is 146 cm³/mol. The van der Waals surface area contributed by atoms with Gasteiger partial charge in [-0.25, -0.2) is 19.3 Å². The lowest BCUT2D eigenvalue weighted by atomic mass is 10.1. The summed E-state index contributed by atoms with van der Waals surface area (Å²) in [6.45, 7) is 11.9. The molecule has 5 rings (SSSR count). The van der Waals surface area contributed by atoms with E-state index in [0.29, 0.717) is 28.5 Å². The van der Waals surface area contributed by atoms with Crippen LogP contribution >= 0.6 is 0 Å². The van der Waals surface area contributed by atoms with Gasteiger partial charge in [0.25, 0.3) is 5.56 Å². The highest BCUT2D eigenvalue weighted by Gasteiger charge is 2.19. The van der Waals surface area contributed by atoms with Crippen molar-refractivity contribution in [3.8, 4) is 5.82 Å². The molecule has 10 heteroatoms. The SMILES string of the molecule is C=CCn1c(=O)c2cnc(Nc3ccc(N4CCN(C)CC4)c(C)c3)nc2n1-c1cccc(C(C)O)n1. The summed E-state index contributed by atoms with van der Waals surface area (Å²) in [6.07, 6.45) is 2.44. The van der Waals surface area contributed by atoms with Crippen molar-refractivity contribution < 1.29 is 5.11 Å². The monoisotopic (exact) mass is 500 g/mol. The van der Waals surface area contributed by atoms with E-state index in [0.717, 1.165) is 31.9 Å². The lowest BCUT2D eigenvalue weighted by Crippen LogP contribution is -2.44. The molecule has 1 aromatic carbocycles. The van der Waals surface area contributed by atoms with E-state index < -0.39 is 6.10 Å². The number of aromatic nitrogens is 5. The molecule has 10 nitrogen and oxygen atoms in total. The van der Waals surface area contributed by atoms with E-state index in [-0.39, 0.29) is 12.1 Å². The number of allylic oxidation sites excluding steroid dienone is 1. The van der Waals surface area contributed by atoms with Gasteiger partial charge in [0.2, 0.25) is 5.95 Å². The summed E-state index contributed by atoms with van der Waals surface area (Å²) in [6, 6.07) is 11.6. The zero-order chi connectivity index (χ0) is 26.1. The minimum Gasteiger partial charge on any atom is -0.387 e. The Morgan fingerprint density at radius 3 is 2.65 bits per heavy atom. The van der Waals surface area contributed by atoms with Crippen LogP contribution in [0.2, 0.25) is 0 Å². The van der Waals surface area contributed by atoms with Crippen molar-refractivity contribution in [3.63, 3.8) is 0 Å². The molecule has 3 aromatic heterocycles. The number of nitrogens with one attached hydrogen (secondary N) is 1. The maximum absolute atomic E-state index is 13.2. The molecule has 0 spiro atoms. The summed E-state index contributed by atoms with van der Waals surface area (Å²) >= 11 is 0. The third-order valence-corrected chi connectivity index (χ3v) is 6.68. The lowest BCUT2D eigenvalue weighted by molar-refractivity contribution is 0.194. The number of pyridine rings is 1. The Bertz CT molecular complexity index is 1500. The van der Waals surface area contributed by atoms with Gasteiger partial charge in [-0.05, 0) is 56.8 Å². The highest BCUT2D eigenvalue weighted by molar-refractivity contribution is 5.77. The van der Waals surface area contributed by atoms with Crippen molar-refractivity contribution in [3.05, 3.63) is 76.9 Å². The normalized spacial score (nSPS) is 15.2. The lowest BCUT2D eigenvalue weighted by Gasteiger charge is -2.35. The molecule has 0 bridgehead atoms. The summed E-state index contributed by atoms with van der Waals surface area (Å²) in [4.78, 5) is 31.6. The maximum Gasteiger partial charge on any atom is 0.278 e. The zero-order valence-electron chi connectivity index (χ0n) is 21.4. The number of hydrogen-bond acceptors (Lipinski definition) is 8. The Morgan fingerprint density at radius 2 is 1.95 bits per heavy atom. The van der Waals surface area contributed by atoms with Crippen LogP contribution in [-0.2, 0) is 6.54 Å². The van der Waals surface area contributed by atoms with Crippen molar-refractivity contribution in [2.45, 2.75) is 26.5 Å². The fourth-order valence-corrected chi connectivity index (χ4v) is 4.66. The first-order valence-corrected chi connectivity index (χ1v) is 12.4. The van der Waals surface area contributed by atoms with Crippen LogP contribution in [0, 0.1) is 6.92 Å². The number of aryl methyl sites for hydroxylation is 1. The number of nitrogens with zero attached hydrogens (tertiary/aromatic N) is 7. The Morgan fingerprint density at radius 1 is 1.16 bits per heavy atom. The summed E-state index contributed by atoms with van der Waals surface area (Å²) in [7, 11) is 2.15. The van der Waals surface area contributed by atoms with Crippen LogP contribution in [0.4, 0.5) is 17.3 Å². The number of hydrogen-bond donors (Lipinski definition) is 2. The van der Waals surface area contributed by atoms with Crippen molar-refractivity contribution in [2.24, 2.45) is 0 Å². The molecular weight excluding hydrogens is 468 g/mol. The fraction of sp³-hybridized carbons (Fsp3) is 0.333. The van der Waals surface area contributed by atoms with Crippen LogP contribution in [0.1, 0.15) is 24.3 Å². The van der Waals surface area contributed by atoms with Crippen LogP contribution in [0.25, 0.3) is 16.9 Å². The van der Waals surface area contributed by atoms with Gasteiger partial charge in [-0.3, -0.25) is 4.79 Å². The second-order valence-corrected chi connectivity index (χ2v) is 9.43. The molecule has 1 unspecified atom stereocenters. The number of fused-ring (bicyclic) bond motifs is 1. The van der Waals surface area contributed by atoms with Crippen LogP contribution in [-0.4, -0.2) is 67.5 Å². The quantitative estimate of drug-likeness (QED) is 0.373. The van der Waals surface area contributed by atoms with Gasteiger partial charge < -0.3 is 20.2 Å². The third-order valence-electron chi connectivity index (χ3n) is 6.68. The number of likely N-dealkylation sites (N-methyl/N-ethyl adjacent to an activating group) is 1. The average molecular weight is 501 g/mol. The Labute approximate surface area is 215 Å². The highest BCUT2D eigenvalue weighted by Crippen LogP contribution is 2.26. The minimum atomic E-state index is -0.745. The van der Waals surface area contributed by atoms with Crippen LogP contribution in [0.5, 0.6) is 0 Å². The summed E-state index contributed by atoms with van der Waals surface area (Å²) < 4.78 is 3.17. The summed E-state index contributed by atoms with van der Waals surface area (Å²) in [5.41, 5.74) is 3.95. The Hall–Kier alpha value is -4.02. The summed E-state index contributed by atoms with van der Waals surface area (Å²) in [5.74, 6) is 0.847. The number of rotatable bonds is 7. The van der Waals surface area contributed by atoms with Crippen molar-refractivity contribution in [1.82, 2.24) is 29.2 Å². The standard InChI is InChI=1S/C27H32N8O2/c1-5-11-34-26(37)21-17-28-27(31-25(21)35(34)24-8-6-7-22(30-24)19(3)36)29-20-9-10-23(18(2)16-20)33-14-12-32(4)13-15-33/h5-10,16-17,19,36H,1,11-15H2,2-4H3,(H,28,29,31). The van der Waals surface area contributed by atoms with Gasteiger partial charge in [0.15, 0.2) is 11.5 Å². The van der Waals surface area contributed by atoms with E-state index in [1.807, 2.05) is 6.07 Å². The van der Waals surface area contributed by atoms with Gasteiger partial charge in [-0.1, -0.05) is 12.1 Å². The minimum absolute atomic E-state index is 0.238. The fourth-order valence-electron chi connectivity index (χ4n) is 4.66. The van der Waals surface area contributed by atoms with E-state index >= 15 is 0 Å². The number of piperazine rings is 1. The van der Waals surface area contributed by atoms with E-state index in [2.05, 4.69) is 57.8 Å². The molecule has 37 heavy (non-hydrogen) atoms. The van der Waals surface area contributed by atoms with Crippen molar-refractivity contribution >= 4 is 28.4 Å². The first-order valence-electron chi connectivity index (χ1n) is 12.4. The molecule has 2 N–H and O–H groups in total. The van der Waals surface area contributed by atoms with Crippen LogP contribution in [0.3, 0.4) is 0 Å². The molecule has 4 aromatic rings.